The number of β-amino-alcohol motifs (C(OH)–C–C–N with tert-alkyl or cyclic N) is 1. The molecule has 32 heavy (non-hydrogen) atoms. The van der Waals surface area contributed by atoms with Gasteiger partial charge in [0.25, 0.3) is 0 Å². The van der Waals surface area contributed by atoms with Gasteiger partial charge in [-0.1, -0.05) is 17.7 Å². The van der Waals surface area contributed by atoms with Gasteiger partial charge in [0, 0.05) is 57.7 Å². The zero-order valence-electron chi connectivity index (χ0n) is 18.1. The van der Waals surface area contributed by atoms with E-state index in [1.165, 1.54) is 18.2 Å². The molecule has 1 aromatic rings. The summed E-state index contributed by atoms with van der Waals surface area (Å²) in [5.74, 6) is -0.711. The normalized spacial score (nSPS) is 23.1. The predicted molar refractivity (Wildman–Crippen MR) is 120 cm³/mol. The standard InChI is InChI=1S/C23H31ClFN3O4/c24-19-14-17(2-4-20(19)25)3-5-22(31)28-11-7-23(32)27(12-13-28)9-1-8-26-10-6-18(16-29)21(30)15-26/h2-5,14,18,21,29-30H,1,6-13,15-16H2/t18-,21-/m0/s1. The molecule has 0 aliphatic carbocycles. The Balaban J connectivity index is 1.44. The van der Waals surface area contributed by atoms with Crippen LogP contribution in [0, 0.1) is 11.7 Å². The quantitative estimate of drug-likeness (QED) is 0.595. The molecule has 1 aromatic carbocycles. The van der Waals surface area contributed by atoms with Gasteiger partial charge < -0.3 is 24.9 Å². The highest BCUT2D eigenvalue weighted by atomic mass is 35.5. The van der Waals surface area contributed by atoms with Crippen molar-refractivity contribution in [1.82, 2.24) is 14.7 Å². The fraction of sp³-hybridized carbons (Fsp3) is 0.565. The van der Waals surface area contributed by atoms with E-state index in [0.717, 1.165) is 25.9 Å². The van der Waals surface area contributed by atoms with Crippen LogP contribution in [0.5, 0.6) is 0 Å². The first-order valence-corrected chi connectivity index (χ1v) is 11.5. The molecule has 0 spiro atoms. The van der Waals surface area contributed by atoms with Crippen LogP contribution in [-0.2, 0) is 9.59 Å². The van der Waals surface area contributed by atoms with Crippen molar-refractivity contribution in [3.05, 3.63) is 40.7 Å². The molecule has 7 nitrogen and oxygen atoms in total. The lowest BCUT2D eigenvalue weighted by molar-refractivity contribution is -0.130. The lowest BCUT2D eigenvalue weighted by Gasteiger charge is -2.35. The van der Waals surface area contributed by atoms with E-state index >= 15 is 0 Å². The van der Waals surface area contributed by atoms with Crippen molar-refractivity contribution in [3.63, 3.8) is 0 Å². The van der Waals surface area contributed by atoms with Gasteiger partial charge >= 0.3 is 0 Å². The van der Waals surface area contributed by atoms with Crippen LogP contribution in [0.2, 0.25) is 5.02 Å². The van der Waals surface area contributed by atoms with E-state index in [9.17, 15) is 24.2 Å². The van der Waals surface area contributed by atoms with Gasteiger partial charge in [-0.25, -0.2) is 4.39 Å². The number of hydrogen-bond donors (Lipinski definition) is 2. The van der Waals surface area contributed by atoms with E-state index in [2.05, 4.69) is 4.90 Å². The number of carbonyl (C=O) groups is 2. The molecule has 2 aliphatic rings. The zero-order chi connectivity index (χ0) is 23.1. The van der Waals surface area contributed by atoms with E-state index in [4.69, 9.17) is 11.6 Å². The summed E-state index contributed by atoms with van der Waals surface area (Å²) in [6, 6.07) is 4.26. The predicted octanol–water partition coefficient (Wildman–Crippen LogP) is 1.62. The van der Waals surface area contributed by atoms with Crippen LogP contribution in [0.25, 0.3) is 6.08 Å². The first-order chi connectivity index (χ1) is 15.4. The summed E-state index contributed by atoms with van der Waals surface area (Å²) in [6.07, 6.45) is 4.35. The lowest BCUT2D eigenvalue weighted by Crippen LogP contribution is -2.46. The molecule has 0 saturated carbocycles. The number of aliphatic hydroxyl groups is 2. The smallest absolute Gasteiger partial charge is 0.246 e. The summed E-state index contributed by atoms with van der Waals surface area (Å²) in [4.78, 5) is 30.6. The SMILES string of the molecule is O=C(C=Cc1ccc(F)c(Cl)c1)N1CCC(=O)N(CCCN2CC[C@@H](CO)[C@@H](O)C2)CC1. The summed E-state index contributed by atoms with van der Waals surface area (Å²) in [5.41, 5.74) is 0.630. The van der Waals surface area contributed by atoms with E-state index < -0.39 is 11.9 Å². The molecule has 176 valence electrons. The number of halogens is 2. The summed E-state index contributed by atoms with van der Waals surface area (Å²) >= 11 is 5.77. The molecule has 2 fully saturated rings. The van der Waals surface area contributed by atoms with Crippen molar-refractivity contribution in [2.24, 2.45) is 5.92 Å². The maximum atomic E-state index is 13.3. The fourth-order valence-corrected chi connectivity index (χ4v) is 4.35. The molecular formula is C23H31ClFN3O4. The Morgan fingerprint density at radius 3 is 2.75 bits per heavy atom. The second kappa shape index (κ2) is 11.7. The molecular weight excluding hydrogens is 437 g/mol. The largest absolute Gasteiger partial charge is 0.396 e. The lowest BCUT2D eigenvalue weighted by atomic mass is 9.95. The average molecular weight is 468 g/mol. The van der Waals surface area contributed by atoms with Crippen molar-refractivity contribution < 1.29 is 24.2 Å². The van der Waals surface area contributed by atoms with Crippen LogP contribution in [0.15, 0.2) is 24.3 Å². The number of carbonyl (C=O) groups excluding carboxylic acids is 2. The van der Waals surface area contributed by atoms with Crippen LogP contribution in [0.4, 0.5) is 4.39 Å². The molecule has 2 N–H and O–H groups in total. The molecule has 2 heterocycles. The van der Waals surface area contributed by atoms with Crippen LogP contribution in [0.1, 0.15) is 24.8 Å². The minimum atomic E-state index is -0.507. The Morgan fingerprint density at radius 2 is 2.03 bits per heavy atom. The van der Waals surface area contributed by atoms with E-state index in [1.54, 1.807) is 21.9 Å². The molecule has 9 heteroatoms. The third kappa shape index (κ3) is 6.75. The van der Waals surface area contributed by atoms with Gasteiger partial charge in [0.2, 0.25) is 11.8 Å². The van der Waals surface area contributed by atoms with Crippen LogP contribution < -0.4 is 0 Å². The van der Waals surface area contributed by atoms with Gasteiger partial charge in [0.1, 0.15) is 5.82 Å². The monoisotopic (exact) mass is 467 g/mol. The second-order valence-corrected chi connectivity index (χ2v) is 8.82. The van der Waals surface area contributed by atoms with Crippen molar-refractivity contribution in [1.29, 1.82) is 0 Å². The Bertz CT molecular complexity index is 837. The van der Waals surface area contributed by atoms with E-state index in [1.807, 2.05) is 0 Å². The molecule has 0 aromatic heterocycles. The highest BCUT2D eigenvalue weighted by molar-refractivity contribution is 6.30. The molecule has 3 rings (SSSR count). The number of benzene rings is 1. The highest BCUT2D eigenvalue weighted by Crippen LogP contribution is 2.18. The Kier molecular flexibility index (Phi) is 9.04. The number of piperidine rings is 1. The molecule has 0 unspecified atom stereocenters. The van der Waals surface area contributed by atoms with Crippen molar-refractivity contribution >= 4 is 29.5 Å². The van der Waals surface area contributed by atoms with E-state index in [-0.39, 0.29) is 35.8 Å². The Labute approximate surface area is 193 Å². The van der Waals surface area contributed by atoms with Gasteiger partial charge in [-0.3, -0.25) is 9.59 Å². The van der Waals surface area contributed by atoms with Crippen LogP contribution >= 0.6 is 11.6 Å². The molecule has 2 amide bonds. The Morgan fingerprint density at radius 1 is 1.22 bits per heavy atom. The van der Waals surface area contributed by atoms with Gasteiger partial charge in [-0.2, -0.15) is 0 Å². The molecule has 0 bridgehead atoms. The van der Waals surface area contributed by atoms with Crippen molar-refractivity contribution in [3.8, 4) is 0 Å². The zero-order valence-corrected chi connectivity index (χ0v) is 18.9. The fourth-order valence-electron chi connectivity index (χ4n) is 4.16. The number of rotatable bonds is 7. The van der Waals surface area contributed by atoms with Gasteiger partial charge in [-0.15, -0.1) is 0 Å². The van der Waals surface area contributed by atoms with Gasteiger partial charge in [0.05, 0.1) is 11.1 Å². The minimum Gasteiger partial charge on any atom is -0.396 e. The van der Waals surface area contributed by atoms with Gasteiger partial charge in [0.15, 0.2) is 0 Å². The maximum Gasteiger partial charge on any atom is 0.246 e. The maximum absolute atomic E-state index is 13.3. The highest BCUT2D eigenvalue weighted by Gasteiger charge is 2.27. The van der Waals surface area contributed by atoms with Crippen LogP contribution in [-0.4, -0.2) is 95.3 Å². The topological polar surface area (TPSA) is 84.3 Å². The third-order valence-electron chi connectivity index (χ3n) is 6.20. The first-order valence-electron chi connectivity index (χ1n) is 11.1. The molecule has 2 saturated heterocycles. The number of amides is 2. The third-order valence-corrected chi connectivity index (χ3v) is 6.49. The van der Waals surface area contributed by atoms with E-state index in [0.29, 0.717) is 38.3 Å². The summed E-state index contributed by atoms with van der Waals surface area (Å²) in [7, 11) is 0. The number of likely N-dealkylation sites (tertiary alicyclic amines) is 1. The molecule has 2 aliphatic heterocycles. The molecule has 0 radical (unpaired) electrons. The Hall–Kier alpha value is -2.00. The van der Waals surface area contributed by atoms with Crippen molar-refractivity contribution in [2.45, 2.75) is 25.4 Å². The summed E-state index contributed by atoms with van der Waals surface area (Å²) in [6.45, 7) is 4.10. The number of nitrogens with zero attached hydrogens (tertiary/aromatic N) is 3. The minimum absolute atomic E-state index is 0.00267. The second-order valence-electron chi connectivity index (χ2n) is 8.42. The summed E-state index contributed by atoms with van der Waals surface area (Å²) in [5, 5.41) is 19.3. The average Bonchev–Trinajstić information content (AvgIpc) is 2.96. The summed E-state index contributed by atoms with van der Waals surface area (Å²) < 4.78 is 13.3. The first kappa shape index (κ1) is 24.6. The van der Waals surface area contributed by atoms with Crippen molar-refractivity contribution in [2.75, 3.05) is 52.4 Å². The number of aliphatic hydroxyl groups excluding tert-OH is 2. The molecule has 2 atom stereocenters. The number of hydrogen-bond acceptors (Lipinski definition) is 5. The van der Waals surface area contributed by atoms with Crippen LogP contribution in [0.3, 0.4) is 0 Å². The van der Waals surface area contributed by atoms with Gasteiger partial charge in [-0.05, 0) is 49.7 Å².